The van der Waals surface area contributed by atoms with Gasteiger partial charge in [-0.05, 0) is 49.4 Å². The Bertz CT molecular complexity index is 536. The van der Waals surface area contributed by atoms with Crippen molar-refractivity contribution < 1.29 is 4.74 Å². The largest absolute Gasteiger partial charge is 0.497 e. The summed E-state index contributed by atoms with van der Waals surface area (Å²) in [5.41, 5.74) is 1.40. The molecule has 1 aromatic rings. The number of rotatable bonds is 6. The highest BCUT2D eigenvalue weighted by Crippen LogP contribution is 2.30. The quantitative estimate of drug-likeness (QED) is 0.857. The van der Waals surface area contributed by atoms with E-state index in [9.17, 15) is 0 Å². The van der Waals surface area contributed by atoms with E-state index in [2.05, 4.69) is 53.2 Å². The summed E-state index contributed by atoms with van der Waals surface area (Å²) in [6, 6.07) is 9.80. The topological polar surface area (TPSA) is 27.7 Å². The minimum Gasteiger partial charge on any atom is -0.497 e. The van der Waals surface area contributed by atoms with Crippen LogP contribution in [0.2, 0.25) is 0 Å². The molecule has 2 aliphatic heterocycles. The summed E-state index contributed by atoms with van der Waals surface area (Å²) in [6.07, 6.45) is 3.92. The number of ether oxygens (including phenoxy) is 1. The van der Waals surface area contributed by atoms with Gasteiger partial charge < -0.3 is 15.0 Å². The van der Waals surface area contributed by atoms with Crippen molar-refractivity contribution in [2.45, 2.75) is 45.2 Å². The van der Waals surface area contributed by atoms with E-state index >= 15 is 0 Å². The van der Waals surface area contributed by atoms with Crippen LogP contribution in [-0.4, -0.2) is 62.2 Å². The number of methoxy groups -OCH3 is 1. The second-order valence-corrected chi connectivity index (χ2v) is 7.80. The van der Waals surface area contributed by atoms with E-state index in [0.29, 0.717) is 12.1 Å². The van der Waals surface area contributed by atoms with Gasteiger partial charge in [0.1, 0.15) is 5.75 Å². The third kappa shape index (κ3) is 4.75. The molecule has 2 saturated heterocycles. The Balaban J connectivity index is 1.84. The molecule has 1 N–H and O–H groups in total. The second kappa shape index (κ2) is 9.02. The molecule has 4 nitrogen and oxygen atoms in total. The normalized spacial score (nSPS) is 27.2. The van der Waals surface area contributed by atoms with Crippen LogP contribution >= 0.6 is 0 Å². The van der Waals surface area contributed by atoms with Crippen LogP contribution in [0.15, 0.2) is 24.3 Å². The smallest absolute Gasteiger partial charge is 0.119 e. The highest BCUT2D eigenvalue weighted by atomic mass is 16.5. The first-order chi connectivity index (χ1) is 12.2. The van der Waals surface area contributed by atoms with Gasteiger partial charge >= 0.3 is 0 Å². The summed E-state index contributed by atoms with van der Waals surface area (Å²) in [4.78, 5) is 5.43. The monoisotopic (exact) mass is 345 g/mol. The summed E-state index contributed by atoms with van der Waals surface area (Å²) in [5.74, 6) is 1.79. The van der Waals surface area contributed by atoms with Crippen molar-refractivity contribution >= 4 is 0 Å². The summed E-state index contributed by atoms with van der Waals surface area (Å²) in [5, 5.41) is 3.58. The fraction of sp³-hybridized carbons (Fsp3) is 0.714. The van der Waals surface area contributed by atoms with Gasteiger partial charge in [-0.25, -0.2) is 0 Å². The first-order valence-electron chi connectivity index (χ1n) is 10.0. The molecule has 3 atom stereocenters. The van der Waals surface area contributed by atoms with Gasteiger partial charge in [0, 0.05) is 44.8 Å². The number of hydrogen-bond donors (Lipinski definition) is 1. The van der Waals surface area contributed by atoms with E-state index in [0.717, 1.165) is 37.8 Å². The predicted octanol–water partition coefficient (Wildman–Crippen LogP) is 3.15. The lowest BCUT2D eigenvalue weighted by Gasteiger charge is -2.44. The Morgan fingerprint density at radius 3 is 2.96 bits per heavy atom. The summed E-state index contributed by atoms with van der Waals surface area (Å²) in [6.45, 7) is 11.7. The minimum absolute atomic E-state index is 0.451. The van der Waals surface area contributed by atoms with E-state index in [1.807, 2.05) is 0 Å². The summed E-state index contributed by atoms with van der Waals surface area (Å²) < 4.78 is 5.51. The first-order valence-corrected chi connectivity index (χ1v) is 10.0. The summed E-state index contributed by atoms with van der Waals surface area (Å²) in [7, 11) is 1.76. The zero-order chi connectivity index (χ0) is 17.6. The molecule has 4 heteroatoms. The number of likely N-dealkylation sites (tertiary alicyclic amines) is 1. The van der Waals surface area contributed by atoms with Gasteiger partial charge in [0.05, 0.1) is 7.11 Å². The van der Waals surface area contributed by atoms with Crippen LogP contribution in [0, 0.1) is 5.92 Å². The van der Waals surface area contributed by atoms with Crippen molar-refractivity contribution in [3.05, 3.63) is 29.8 Å². The molecule has 1 aromatic carbocycles. The van der Waals surface area contributed by atoms with Crippen molar-refractivity contribution in [3.63, 3.8) is 0 Å². The fourth-order valence-electron chi connectivity index (χ4n) is 4.51. The lowest BCUT2D eigenvalue weighted by Crippen LogP contribution is -2.54. The third-order valence-corrected chi connectivity index (χ3v) is 5.92. The van der Waals surface area contributed by atoms with Crippen LogP contribution in [0.5, 0.6) is 5.75 Å². The zero-order valence-electron chi connectivity index (χ0n) is 16.2. The third-order valence-electron chi connectivity index (χ3n) is 5.92. The molecule has 0 amide bonds. The van der Waals surface area contributed by atoms with Gasteiger partial charge in [0.2, 0.25) is 0 Å². The van der Waals surface area contributed by atoms with Crippen LogP contribution < -0.4 is 10.1 Å². The minimum atomic E-state index is 0.451. The lowest BCUT2D eigenvalue weighted by molar-refractivity contribution is 0.0618. The van der Waals surface area contributed by atoms with Crippen molar-refractivity contribution in [3.8, 4) is 5.75 Å². The van der Waals surface area contributed by atoms with E-state index in [1.165, 1.54) is 37.9 Å². The average Bonchev–Trinajstić information content (AvgIpc) is 2.66. The second-order valence-electron chi connectivity index (χ2n) is 7.80. The number of hydrogen-bond acceptors (Lipinski definition) is 4. The Hall–Kier alpha value is -1.10. The van der Waals surface area contributed by atoms with E-state index in [4.69, 9.17) is 4.74 Å². The molecular weight excluding hydrogens is 310 g/mol. The van der Waals surface area contributed by atoms with E-state index in [-0.39, 0.29) is 0 Å². The highest BCUT2D eigenvalue weighted by Gasteiger charge is 2.31. The molecule has 0 bridgehead atoms. The molecule has 0 radical (unpaired) electrons. The van der Waals surface area contributed by atoms with Gasteiger partial charge in [0.15, 0.2) is 0 Å². The van der Waals surface area contributed by atoms with Gasteiger partial charge in [-0.2, -0.15) is 0 Å². The maximum absolute atomic E-state index is 5.51. The van der Waals surface area contributed by atoms with Crippen LogP contribution in [0.4, 0.5) is 0 Å². The number of nitrogens with one attached hydrogen (secondary N) is 1. The van der Waals surface area contributed by atoms with Gasteiger partial charge in [0.25, 0.3) is 0 Å². The van der Waals surface area contributed by atoms with Crippen LogP contribution in [0.3, 0.4) is 0 Å². The molecule has 3 rings (SSSR count). The number of nitrogens with zero attached hydrogens (tertiary/aromatic N) is 2. The zero-order valence-corrected chi connectivity index (χ0v) is 16.2. The molecule has 0 saturated carbocycles. The maximum Gasteiger partial charge on any atom is 0.119 e. The molecule has 3 unspecified atom stereocenters. The molecule has 0 aliphatic carbocycles. The number of piperazine rings is 1. The number of benzene rings is 1. The summed E-state index contributed by atoms with van der Waals surface area (Å²) >= 11 is 0. The molecule has 2 aliphatic rings. The van der Waals surface area contributed by atoms with Crippen LogP contribution in [0.1, 0.15) is 44.7 Å². The standard InChI is InChI=1S/C21H35N3O/c1-4-19-14-22-10-12-24(19)21(16-23-11-6-7-17(2)15-23)18-8-5-9-20(13-18)25-3/h5,8-9,13,17,19,21-22H,4,6-7,10-12,14-16H2,1-3H3. The van der Waals surface area contributed by atoms with Crippen molar-refractivity contribution in [2.75, 3.05) is 46.4 Å². The highest BCUT2D eigenvalue weighted by molar-refractivity contribution is 5.31. The van der Waals surface area contributed by atoms with Gasteiger partial charge in [-0.1, -0.05) is 26.0 Å². The molecule has 140 valence electrons. The van der Waals surface area contributed by atoms with Gasteiger partial charge in [-0.15, -0.1) is 0 Å². The SMILES string of the molecule is CCC1CNCCN1C(CN1CCCC(C)C1)c1cccc(OC)c1. The fourth-order valence-corrected chi connectivity index (χ4v) is 4.51. The molecule has 2 fully saturated rings. The molecule has 25 heavy (non-hydrogen) atoms. The van der Waals surface area contributed by atoms with E-state index in [1.54, 1.807) is 7.11 Å². The molecular formula is C21H35N3O. The van der Waals surface area contributed by atoms with Crippen molar-refractivity contribution in [1.82, 2.24) is 15.1 Å². The van der Waals surface area contributed by atoms with Crippen LogP contribution in [-0.2, 0) is 0 Å². The Morgan fingerprint density at radius 1 is 1.32 bits per heavy atom. The first kappa shape index (κ1) is 18.7. The molecule has 0 spiro atoms. The lowest BCUT2D eigenvalue weighted by atomic mass is 9.96. The van der Waals surface area contributed by atoms with Crippen molar-refractivity contribution in [1.29, 1.82) is 0 Å². The Morgan fingerprint density at radius 2 is 2.20 bits per heavy atom. The molecule has 0 aromatic heterocycles. The van der Waals surface area contributed by atoms with Crippen LogP contribution in [0.25, 0.3) is 0 Å². The van der Waals surface area contributed by atoms with E-state index < -0.39 is 0 Å². The average molecular weight is 346 g/mol. The van der Waals surface area contributed by atoms with Crippen molar-refractivity contribution in [2.24, 2.45) is 5.92 Å². The number of piperidine rings is 1. The predicted molar refractivity (Wildman–Crippen MR) is 104 cm³/mol. The molecule has 2 heterocycles. The maximum atomic E-state index is 5.51. The Labute approximate surface area is 153 Å². The Kier molecular flexibility index (Phi) is 6.74. The van der Waals surface area contributed by atoms with Gasteiger partial charge in [-0.3, -0.25) is 4.90 Å².